The molecule has 4 nitrogen and oxygen atoms in total. The molecule has 0 bridgehead atoms. The van der Waals surface area contributed by atoms with E-state index in [1.54, 1.807) is 0 Å². The molecular weight excluding hydrogens is 304 g/mol. The van der Waals surface area contributed by atoms with E-state index in [0.717, 1.165) is 12.8 Å². The number of esters is 1. The van der Waals surface area contributed by atoms with Crippen LogP contribution in [0.25, 0.3) is 0 Å². The largest absolute Gasteiger partial charge is 1.00 e. The normalized spacial score (nSPS) is 11.5. The Kier molecular flexibility index (Phi) is 17.7. The smallest absolute Gasteiger partial charge is 0.307 e. The first kappa shape index (κ1) is 23.5. The number of carboxylic acid groups (broad SMARTS) is 1. The molecule has 0 heterocycles. The Morgan fingerprint density at radius 1 is 0.909 bits per heavy atom. The summed E-state index contributed by atoms with van der Waals surface area (Å²) in [5.74, 6) is -1.18. The third-order valence-electron chi connectivity index (χ3n) is 3.64. The van der Waals surface area contributed by atoms with E-state index in [2.05, 4.69) is 6.92 Å². The van der Waals surface area contributed by atoms with Crippen molar-refractivity contribution < 1.29 is 31.8 Å². The number of rotatable bonds is 14. The van der Waals surface area contributed by atoms with Crippen LogP contribution in [0.2, 0.25) is 0 Å². The summed E-state index contributed by atoms with van der Waals surface area (Å²) in [5.41, 5.74) is 0. The molecule has 1 atom stereocenters. The number of carboxylic acids is 1. The van der Waals surface area contributed by atoms with Gasteiger partial charge in [-0.25, -0.2) is 0 Å². The van der Waals surface area contributed by atoms with E-state index in [-0.39, 0.29) is 24.8 Å². The number of halogens is 1. The zero-order chi connectivity index (χ0) is 15.9. The van der Waals surface area contributed by atoms with Crippen molar-refractivity contribution in [3.63, 3.8) is 0 Å². The van der Waals surface area contributed by atoms with Gasteiger partial charge < -0.3 is 22.3 Å². The van der Waals surface area contributed by atoms with E-state index in [1.165, 1.54) is 44.9 Å². The summed E-state index contributed by atoms with van der Waals surface area (Å²) in [6.45, 7) is 4.05. The third-order valence-corrected chi connectivity index (χ3v) is 3.64. The molecule has 22 heavy (non-hydrogen) atoms. The molecule has 0 saturated heterocycles. The van der Waals surface area contributed by atoms with Crippen LogP contribution in [0.5, 0.6) is 0 Å². The minimum Gasteiger partial charge on any atom is -1.00 e. The van der Waals surface area contributed by atoms with Gasteiger partial charge in [0.1, 0.15) is 6.10 Å². The highest BCUT2D eigenvalue weighted by Crippen LogP contribution is 2.12. The molecule has 0 aromatic rings. The lowest BCUT2D eigenvalue weighted by molar-refractivity contribution is -0.153. The van der Waals surface area contributed by atoms with Crippen molar-refractivity contribution in [2.45, 2.75) is 97.0 Å². The molecule has 0 aromatic carbocycles. The average Bonchev–Trinajstić information content (AvgIpc) is 2.44. The van der Waals surface area contributed by atoms with Crippen LogP contribution in [0.4, 0.5) is 0 Å². The lowest BCUT2D eigenvalue weighted by atomic mass is 10.1. The molecule has 0 radical (unpaired) electrons. The highest BCUT2D eigenvalue weighted by atomic mass is 35.5. The maximum atomic E-state index is 11.6. The molecule has 0 aromatic heterocycles. The van der Waals surface area contributed by atoms with Crippen molar-refractivity contribution in [1.82, 2.24) is 0 Å². The number of unbranched alkanes of at least 4 members (excludes halogenated alkanes) is 8. The lowest BCUT2D eigenvalue weighted by Crippen LogP contribution is -3.00. The number of hydrogen-bond donors (Lipinski definition) is 1. The quantitative estimate of drug-likeness (QED) is 0.388. The van der Waals surface area contributed by atoms with Crippen LogP contribution < -0.4 is 12.4 Å². The van der Waals surface area contributed by atoms with E-state index in [4.69, 9.17) is 9.84 Å². The fourth-order valence-electron chi connectivity index (χ4n) is 2.29. The second kappa shape index (κ2) is 16.6. The SMILES string of the molecule is CCCCCCCCCCCC(=O)O[C@@H](CC)CC(=O)O.[Cl-]. The molecule has 0 unspecified atom stereocenters. The van der Waals surface area contributed by atoms with E-state index >= 15 is 0 Å². The zero-order valence-corrected chi connectivity index (χ0v) is 14.9. The van der Waals surface area contributed by atoms with Crippen molar-refractivity contribution in [2.24, 2.45) is 0 Å². The van der Waals surface area contributed by atoms with Gasteiger partial charge in [0, 0.05) is 6.42 Å². The van der Waals surface area contributed by atoms with Crippen LogP contribution in [0.3, 0.4) is 0 Å². The molecule has 0 aliphatic rings. The van der Waals surface area contributed by atoms with Gasteiger partial charge in [0.15, 0.2) is 0 Å². The molecular formula is C17H32ClO4-. The first-order chi connectivity index (χ1) is 10.1. The summed E-state index contributed by atoms with van der Waals surface area (Å²) in [6, 6.07) is 0. The summed E-state index contributed by atoms with van der Waals surface area (Å²) in [5, 5.41) is 8.69. The Morgan fingerprint density at radius 3 is 1.86 bits per heavy atom. The average molecular weight is 336 g/mol. The van der Waals surface area contributed by atoms with Crippen molar-refractivity contribution in [1.29, 1.82) is 0 Å². The summed E-state index contributed by atoms with van der Waals surface area (Å²) in [7, 11) is 0. The van der Waals surface area contributed by atoms with Crippen molar-refractivity contribution in [2.75, 3.05) is 0 Å². The molecule has 0 aliphatic heterocycles. The monoisotopic (exact) mass is 335 g/mol. The van der Waals surface area contributed by atoms with Crippen LogP contribution in [-0.2, 0) is 14.3 Å². The minimum atomic E-state index is -0.919. The number of ether oxygens (including phenoxy) is 1. The van der Waals surface area contributed by atoms with Gasteiger partial charge in [-0.3, -0.25) is 9.59 Å². The first-order valence-electron chi connectivity index (χ1n) is 8.51. The van der Waals surface area contributed by atoms with E-state index in [1.807, 2.05) is 6.92 Å². The number of hydrogen-bond acceptors (Lipinski definition) is 3. The van der Waals surface area contributed by atoms with Gasteiger partial charge in [-0.1, -0.05) is 65.2 Å². The topological polar surface area (TPSA) is 63.6 Å². The van der Waals surface area contributed by atoms with Gasteiger partial charge in [-0.05, 0) is 12.8 Å². The Labute approximate surface area is 141 Å². The van der Waals surface area contributed by atoms with Crippen LogP contribution in [-0.4, -0.2) is 23.1 Å². The molecule has 132 valence electrons. The summed E-state index contributed by atoms with van der Waals surface area (Å²) in [6.07, 6.45) is 11.3. The van der Waals surface area contributed by atoms with Gasteiger partial charge in [-0.2, -0.15) is 0 Å². The van der Waals surface area contributed by atoms with Crippen LogP contribution in [0.1, 0.15) is 90.9 Å². The summed E-state index contributed by atoms with van der Waals surface area (Å²) < 4.78 is 5.16. The zero-order valence-electron chi connectivity index (χ0n) is 14.1. The predicted molar refractivity (Wildman–Crippen MR) is 84.3 cm³/mol. The van der Waals surface area contributed by atoms with Crippen molar-refractivity contribution in [3.05, 3.63) is 0 Å². The maximum absolute atomic E-state index is 11.6. The van der Waals surface area contributed by atoms with E-state index in [0.29, 0.717) is 12.8 Å². The highest BCUT2D eigenvalue weighted by molar-refractivity contribution is 5.71. The van der Waals surface area contributed by atoms with Gasteiger partial charge in [0.05, 0.1) is 6.42 Å². The fourth-order valence-corrected chi connectivity index (χ4v) is 2.29. The summed E-state index contributed by atoms with van der Waals surface area (Å²) in [4.78, 5) is 22.2. The predicted octanol–water partition coefficient (Wildman–Crippen LogP) is 1.71. The number of carbonyl (C=O) groups excluding carboxylic acids is 1. The molecule has 0 spiro atoms. The molecule has 0 aliphatic carbocycles. The Morgan fingerprint density at radius 2 is 1.41 bits per heavy atom. The first-order valence-corrected chi connectivity index (χ1v) is 8.51. The van der Waals surface area contributed by atoms with Crippen LogP contribution in [0.15, 0.2) is 0 Å². The molecule has 0 rings (SSSR count). The third kappa shape index (κ3) is 15.6. The van der Waals surface area contributed by atoms with E-state index in [9.17, 15) is 9.59 Å². The van der Waals surface area contributed by atoms with Crippen molar-refractivity contribution in [3.8, 4) is 0 Å². The number of aliphatic carboxylic acids is 1. The molecule has 0 amide bonds. The molecule has 5 heteroatoms. The van der Waals surface area contributed by atoms with Crippen LogP contribution in [0, 0.1) is 0 Å². The fraction of sp³-hybridized carbons (Fsp3) is 0.882. The standard InChI is InChI=1S/C17H32O4.ClH/c1-3-5-6-7-8-9-10-11-12-13-17(20)21-15(4-2)14-16(18)19;/h15H,3-14H2,1-2H3,(H,18,19);1H/p-1/t15-;/m0./s1. The highest BCUT2D eigenvalue weighted by Gasteiger charge is 2.15. The van der Waals surface area contributed by atoms with Gasteiger partial charge in [0.2, 0.25) is 0 Å². The second-order valence-corrected chi connectivity index (χ2v) is 5.70. The Bertz CT molecular complexity index is 282. The van der Waals surface area contributed by atoms with Gasteiger partial charge >= 0.3 is 11.9 Å². The molecule has 0 saturated carbocycles. The lowest BCUT2D eigenvalue weighted by Gasteiger charge is -2.13. The minimum absolute atomic E-state index is 0. The van der Waals surface area contributed by atoms with Crippen molar-refractivity contribution >= 4 is 11.9 Å². The maximum Gasteiger partial charge on any atom is 0.307 e. The molecule has 0 fully saturated rings. The van der Waals surface area contributed by atoms with E-state index < -0.39 is 12.1 Å². The Hall–Kier alpha value is -0.770. The number of carbonyl (C=O) groups is 2. The van der Waals surface area contributed by atoms with Crippen LogP contribution >= 0.6 is 0 Å². The van der Waals surface area contributed by atoms with Gasteiger partial charge in [-0.15, -0.1) is 0 Å². The Balaban J connectivity index is 0. The summed E-state index contributed by atoms with van der Waals surface area (Å²) >= 11 is 0. The molecule has 1 N–H and O–H groups in total. The van der Waals surface area contributed by atoms with Gasteiger partial charge in [0.25, 0.3) is 0 Å². The second-order valence-electron chi connectivity index (χ2n) is 5.70.